The average molecular weight is 201 g/mol. The zero-order valence-electron chi connectivity index (χ0n) is 9.28. The van der Waals surface area contributed by atoms with Crippen molar-refractivity contribution >= 4 is 0 Å². The minimum atomic E-state index is 0.836. The van der Waals surface area contributed by atoms with Crippen LogP contribution in [-0.4, -0.2) is 9.66 Å². The zero-order valence-corrected chi connectivity index (χ0v) is 9.28. The van der Waals surface area contributed by atoms with Crippen LogP contribution in [0.2, 0.25) is 0 Å². The lowest BCUT2D eigenvalue weighted by molar-refractivity contribution is 1.01. The van der Waals surface area contributed by atoms with Crippen LogP contribution in [0.1, 0.15) is 16.8 Å². The van der Waals surface area contributed by atoms with E-state index >= 15 is 0 Å². The molecule has 0 atom stereocenters. The lowest BCUT2D eigenvalue weighted by Gasteiger charge is -2.08. The molecule has 3 nitrogen and oxygen atoms in total. The van der Waals surface area contributed by atoms with E-state index in [1.165, 1.54) is 11.1 Å². The smallest absolute Gasteiger partial charge is 0.158 e. The van der Waals surface area contributed by atoms with Gasteiger partial charge in [-0.1, -0.05) is 18.2 Å². The number of aryl methyl sites for hydroxylation is 3. The Morgan fingerprint density at radius 2 is 1.73 bits per heavy atom. The third kappa shape index (κ3) is 1.61. The monoisotopic (exact) mass is 201 g/mol. The number of benzene rings is 1. The molecule has 0 spiro atoms. The molecule has 2 aromatic rings. The van der Waals surface area contributed by atoms with Gasteiger partial charge in [0.1, 0.15) is 0 Å². The van der Waals surface area contributed by atoms with Gasteiger partial charge in [0.15, 0.2) is 5.82 Å². The number of rotatable bonds is 1. The van der Waals surface area contributed by atoms with Crippen LogP contribution in [-0.2, 0) is 0 Å². The molecule has 2 N–H and O–H groups in total. The topological polar surface area (TPSA) is 43.8 Å². The maximum Gasteiger partial charge on any atom is 0.158 e. The Morgan fingerprint density at radius 3 is 2.20 bits per heavy atom. The summed E-state index contributed by atoms with van der Waals surface area (Å²) in [5, 5.41) is 0. The summed E-state index contributed by atoms with van der Waals surface area (Å²) >= 11 is 0. The summed E-state index contributed by atoms with van der Waals surface area (Å²) in [5.74, 6) is 6.70. The summed E-state index contributed by atoms with van der Waals surface area (Å²) in [6.07, 6.45) is 1.83. The fourth-order valence-corrected chi connectivity index (χ4v) is 1.87. The second-order valence-corrected chi connectivity index (χ2v) is 3.88. The van der Waals surface area contributed by atoms with E-state index in [0.717, 1.165) is 17.1 Å². The quantitative estimate of drug-likeness (QED) is 0.719. The highest BCUT2D eigenvalue weighted by atomic mass is 15.3. The molecular weight excluding hydrogens is 186 g/mol. The van der Waals surface area contributed by atoms with Crippen LogP contribution in [0.15, 0.2) is 24.4 Å². The fraction of sp³-hybridized carbons (Fsp3) is 0.250. The first-order chi connectivity index (χ1) is 7.09. The maximum atomic E-state index is 5.87. The molecule has 0 unspecified atom stereocenters. The number of nitrogens with two attached hydrogens (primary N) is 1. The van der Waals surface area contributed by atoms with Crippen molar-refractivity contribution in [2.75, 3.05) is 5.84 Å². The second-order valence-electron chi connectivity index (χ2n) is 3.88. The summed E-state index contributed by atoms with van der Waals surface area (Å²) in [6, 6.07) is 6.20. The first-order valence-electron chi connectivity index (χ1n) is 4.97. The van der Waals surface area contributed by atoms with Gasteiger partial charge in [-0.3, -0.25) is 4.68 Å². The fourth-order valence-electron chi connectivity index (χ4n) is 1.87. The predicted octanol–water partition coefficient (Wildman–Crippen LogP) is 2.19. The Labute approximate surface area is 89.5 Å². The molecule has 1 heterocycles. The third-order valence-corrected chi connectivity index (χ3v) is 2.56. The molecule has 2 rings (SSSR count). The summed E-state index contributed by atoms with van der Waals surface area (Å²) in [7, 11) is 0. The third-order valence-electron chi connectivity index (χ3n) is 2.56. The molecule has 0 aliphatic rings. The van der Waals surface area contributed by atoms with Gasteiger partial charge in [-0.25, -0.2) is 4.98 Å². The van der Waals surface area contributed by atoms with Gasteiger partial charge in [0.2, 0.25) is 0 Å². The SMILES string of the molecule is Cc1cn(N)c(-c2c(C)cccc2C)n1. The van der Waals surface area contributed by atoms with E-state index in [-0.39, 0.29) is 0 Å². The van der Waals surface area contributed by atoms with E-state index in [1.54, 1.807) is 4.68 Å². The Balaban J connectivity index is 2.68. The molecule has 0 bridgehead atoms. The van der Waals surface area contributed by atoms with Crippen molar-refractivity contribution in [3.8, 4) is 11.4 Å². The highest BCUT2D eigenvalue weighted by molar-refractivity contribution is 5.65. The Kier molecular flexibility index (Phi) is 2.23. The number of imidazole rings is 1. The van der Waals surface area contributed by atoms with Crippen molar-refractivity contribution in [2.45, 2.75) is 20.8 Å². The second kappa shape index (κ2) is 3.42. The Bertz CT molecular complexity index is 477. The lowest BCUT2D eigenvalue weighted by Crippen LogP contribution is -2.09. The van der Waals surface area contributed by atoms with Gasteiger partial charge >= 0.3 is 0 Å². The van der Waals surface area contributed by atoms with Crippen molar-refractivity contribution in [3.63, 3.8) is 0 Å². The highest BCUT2D eigenvalue weighted by Gasteiger charge is 2.11. The minimum absolute atomic E-state index is 0.836. The molecule has 1 aromatic heterocycles. The summed E-state index contributed by atoms with van der Waals surface area (Å²) in [5.41, 5.74) is 4.47. The molecule has 0 aliphatic heterocycles. The van der Waals surface area contributed by atoms with Gasteiger partial charge in [0, 0.05) is 11.8 Å². The van der Waals surface area contributed by atoms with Gasteiger partial charge in [-0.05, 0) is 31.9 Å². The van der Waals surface area contributed by atoms with E-state index in [1.807, 2.05) is 19.2 Å². The molecule has 3 heteroatoms. The van der Waals surface area contributed by atoms with Gasteiger partial charge in [-0.15, -0.1) is 0 Å². The van der Waals surface area contributed by atoms with Crippen LogP contribution in [0, 0.1) is 20.8 Å². The number of nitrogens with zero attached hydrogens (tertiary/aromatic N) is 2. The number of hydrogen-bond donors (Lipinski definition) is 1. The summed E-state index contributed by atoms with van der Waals surface area (Å²) < 4.78 is 1.59. The first kappa shape index (κ1) is 9.77. The zero-order chi connectivity index (χ0) is 11.0. The number of nitrogen functional groups attached to an aromatic ring is 1. The predicted molar refractivity (Wildman–Crippen MR) is 62.0 cm³/mol. The van der Waals surface area contributed by atoms with E-state index in [4.69, 9.17) is 5.84 Å². The summed E-state index contributed by atoms with van der Waals surface area (Å²) in [4.78, 5) is 4.44. The number of hydrogen-bond acceptors (Lipinski definition) is 2. The number of aromatic nitrogens is 2. The summed E-state index contributed by atoms with van der Waals surface area (Å²) in [6.45, 7) is 6.10. The van der Waals surface area contributed by atoms with E-state index < -0.39 is 0 Å². The average Bonchev–Trinajstić information content (AvgIpc) is 2.45. The molecule has 0 radical (unpaired) electrons. The molecule has 15 heavy (non-hydrogen) atoms. The van der Waals surface area contributed by atoms with Crippen LogP contribution in [0.5, 0.6) is 0 Å². The van der Waals surface area contributed by atoms with E-state index in [2.05, 4.69) is 31.0 Å². The largest absolute Gasteiger partial charge is 0.338 e. The molecule has 1 aromatic carbocycles. The lowest BCUT2D eigenvalue weighted by atomic mass is 10.0. The van der Waals surface area contributed by atoms with Crippen molar-refractivity contribution in [1.82, 2.24) is 9.66 Å². The molecule has 78 valence electrons. The van der Waals surface area contributed by atoms with Gasteiger partial charge in [0.25, 0.3) is 0 Å². The van der Waals surface area contributed by atoms with Crippen LogP contribution in [0.4, 0.5) is 0 Å². The van der Waals surface area contributed by atoms with Gasteiger partial charge in [-0.2, -0.15) is 0 Å². The molecule has 0 amide bonds. The molecule has 0 fully saturated rings. The van der Waals surface area contributed by atoms with Crippen molar-refractivity contribution in [2.24, 2.45) is 0 Å². The maximum absolute atomic E-state index is 5.87. The normalized spacial score (nSPS) is 10.6. The molecule has 0 saturated carbocycles. The highest BCUT2D eigenvalue weighted by Crippen LogP contribution is 2.25. The van der Waals surface area contributed by atoms with Crippen LogP contribution >= 0.6 is 0 Å². The standard InChI is InChI=1S/C12H15N3/c1-8-5-4-6-9(2)11(8)12-14-10(3)7-15(12)13/h4-7H,13H2,1-3H3. The minimum Gasteiger partial charge on any atom is -0.338 e. The Morgan fingerprint density at radius 1 is 1.13 bits per heavy atom. The molecular formula is C12H15N3. The van der Waals surface area contributed by atoms with E-state index in [0.29, 0.717) is 0 Å². The van der Waals surface area contributed by atoms with E-state index in [9.17, 15) is 0 Å². The molecule has 0 aliphatic carbocycles. The van der Waals surface area contributed by atoms with Gasteiger partial charge in [0.05, 0.1) is 5.69 Å². The van der Waals surface area contributed by atoms with Crippen molar-refractivity contribution in [3.05, 3.63) is 41.2 Å². The van der Waals surface area contributed by atoms with Crippen LogP contribution < -0.4 is 5.84 Å². The van der Waals surface area contributed by atoms with Crippen molar-refractivity contribution < 1.29 is 0 Å². The van der Waals surface area contributed by atoms with Crippen molar-refractivity contribution in [1.29, 1.82) is 0 Å². The first-order valence-corrected chi connectivity index (χ1v) is 4.97. The molecule has 0 saturated heterocycles. The Hall–Kier alpha value is -1.77. The van der Waals surface area contributed by atoms with Crippen LogP contribution in [0.3, 0.4) is 0 Å². The van der Waals surface area contributed by atoms with Gasteiger partial charge < -0.3 is 5.84 Å². The van der Waals surface area contributed by atoms with Crippen LogP contribution in [0.25, 0.3) is 11.4 Å².